The SMILES string of the molecule is CC(C)CC(=O)N=N. The topological polar surface area (TPSA) is 53.3 Å². The van der Waals surface area contributed by atoms with E-state index in [-0.39, 0.29) is 5.91 Å². The van der Waals surface area contributed by atoms with E-state index >= 15 is 0 Å². The molecule has 0 atom stereocenters. The summed E-state index contributed by atoms with van der Waals surface area (Å²) in [4.78, 5) is 10.3. The van der Waals surface area contributed by atoms with E-state index in [9.17, 15) is 4.79 Å². The lowest BCUT2D eigenvalue weighted by molar-refractivity contribution is -0.119. The quantitative estimate of drug-likeness (QED) is 0.544. The van der Waals surface area contributed by atoms with Crippen molar-refractivity contribution < 1.29 is 4.79 Å². The van der Waals surface area contributed by atoms with E-state index in [4.69, 9.17) is 5.53 Å². The first kappa shape index (κ1) is 7.27. The molecule has 3 heteroatoms. The van der Waals surface area contributed by atoms with Crippen molar-refractivity contribution in [3.63, 3.8) is 0 Å². The molecular formula is C5H10N2O. The molecule has 0 spiro atoms. The fourth-order valence-electron chi connectivity index (χ4n) is 0.395. The number of carbonyl (C=O) groups is 1. The van der Waals surface area contributed by atoms with E-state index in [1.54, 1.807) is 0 Å². The molecular weight excluding hydrogens is 104 g/mol. The minimum Gasteiger partial charge on any atom is -0.271 e. The highest BCUT2D eigenvalue weighted by Gasteiger charge is 2.00. The predicted octanol–water partition coefficient (Wildman–Crippen LogP) is 1.59. The lowest BCUT2D eigenvalue weighted by Crippen LogP contribution is -1.96. The Bertz CT molecular complexity index is 98.6. The Kier molecular flexibility index (Phi) is 2.99. The van der Waals surface area contributed by atoms with Gasteiger partial charge in [-0.2, -0.15) is 0 Å². The van der Waals surface area contributed by atoms with Crippen molar-refractivity contribution in [3.8, 4) is 0 Å². The maximum absolute atomic E-state index is 10.3. The summed E-state index contributed by atoms with van der Waals surface area (Å²) in [5.74, 6) is -0.0170. The van der Waals surface area contributed by atoms with Gasteiger partial charge in [0.25, 0.3) is 5.91 Å². The second-order valence-electron chi connectivity index (χ2n) is 2.10. The summed E-state index contributed by atoms with van der Waals surface area (Å²) >= 11 is 0. The maximum atomic E-state index is 10.3. The average Bonchev–Trinajstić information content (AvgIpc) is 1.65. The smallest absolute Gasteiger partial charge is 0.264 e. The zero-order chi connectivity index (χ0) is 6.57. The highest BCUT2D eigenvalue weighted by atomic mass is 16.1. The summed E-state index contributed by atoms with van der Waals surface area (Å²) in [7, 11) is 0. The molecule has 0 saturated heterocycles. The van der Waals surface area contributed by atoms with Crippen LogP contribution in [0, 0.1) is 11.4 Å². The van der Waals surface area contributed by atoms with E-state index in [0.717, 1.165) is 0 Å². The largest absolute Gasteiger partial charge is 0.271 e. The van der Waals surface area contributed by atoms with Gasteiger partial charge in [0.2, 0.25) is 0 Å². The second kappa shape index (κ2) is 3.29. The van der Waals surface area contributed by atoms with Gasteiger partial charge in [0.05, 0.1) is 0 Å². The van der Waals surface area contributed by atoms with Gasteiger partial charge in [0, 0.05) is 6.42 Å². The van der Waals surface area contributed by atoms with Crippen LogP contribution in [0.25, 0.3) is 0 Å². The number of rotatable bonds is 2. The lowest BCUT2D eigenvalue weighted by atomic mass is 10.1. The van der Waals surface area contributed by atoms with Crippen LogP contribution in [-0.4, -0.2) is 5.91 Å². The summed E-state index contributed by atoms with van der Waals surface area (Å²) in [5.41, 5.74) is 6.28. The third kappa shape index (κ3) is 3.46. The van der Waals surface area contributed by atoms with Crippen LogP contribution < -0.4 is 0 Å². The molecule has 0 aromatic rings. The van der Waals surface area contributed by atoms with E-state index in [2.05, 4.69) is 5.11 Å². The van der Waals surface area contributed by atoms with Crippen LogP contribution >= 0.6 is 0 Å². The summed E-state index contributed by atoms with van der Waals surface area (Å²) in [6, 6.07) is 0. The van der Waals surface area contributed by atoms with E-state index in [1.807, 2.05) is 13.8 Å². The van der Waals surface area contributed by atoms with Crippen molar-refractivity contribution in [1.82, 2.24) is 0 Å². The van der Waals surface area contributed by atoms with Crippen molar-refractivity contribution >= 4 is 5.91 Å². The molecule has 1 N–H and O–H groups in total. The molecule has 0 rings (SSSR count). The summed E-state index contributed by atoms with van der Waals surface area (Å²) < 4.78 is 0. The van der Waals surface area contributed by atoms with Crippen molar-refractivity contribution in [1.29, 1.82) is 5.53 Å². The Labute approximate surface area is 48.6 Å². The number of hydrogen-bond acceptors (Lipinski definition) is 2. The number of nitrogens with zero attached hydrogens (tertiary/aromatic N) is 1. The summed E-state index contributed by atoms with van der Waals surface area (Å²) in [6.45, 7) is 3.84. The molecule has 3 nitrogen and oxygen atoms in total. The molecule has 0 aromatic heterocycles. The van der Waals surface area contributed by atoms with Crippen LogP contribution in [-0.2, 0) is 4.79 Å². The molecule has 8 heavy (non-hydrogen) atoms. The zero-order valence-electron chi connectivity index (χ0n) is 5.14. The highest BCUT2D eigenvalue weighted by Crippen LogP contribution is 1.99. The molecule has 0 heterocycles. The molecule has 0 radical (unpaired) electrons. The Morgan fingerprint density at radius 3 is 2.38 bits per heavy atom. The van der Waals surface area contributed by atoms with Crippen molar-refractivity contribution in [3.05, 3.63) is 0 Å². The Balaban J connectivity index is 3.39. The minimum atomic E-state index is -0.333. The number of amides is 1. The molecule has 0 saturated carbocycles. The van der Waals surface area contributed by atoms with Gasteiger partial charge in [-0.3, -0.25) is 4.79 Å². The monoisotopic (exact) mass is 114 g/mol. The second-order valence-corrected chi connectivity index (χ2v) is 2.10. The lowest BCUT2D eigenvalue weighted by Gasteiger charge is -1.94. The van der Waals surface area contributed by atoms with Gasteiger partial charge in [0.15, 0.2) is 0 Å². The molecule has 0 aliphatic heterocycles. The molecule has 0 bridgehead atoms. The highest BCUT2D eigenvalue weighted by molar-refractivity contribution is 5.75. The maximum Gasteiger partial charge on any atom is 0.264 e. The molecule has 0 aromatic carbocycles. The standard InChI is InChI=1S/C5H10N2O/c1-4(2)3-5(8)7-6/h4,6H,3H2,1-2H3. The van der Waals surface area contributed by atoms with Gasteiger partial charge < -0.3 is 0 Å². The Morgan fingerprint density at radius 2 is 2.25 bits per heavy atom. The van der Waals surface area contributed by atoms with Crippen molar-refractivity contribution in [2.24, 2.45) is 11.0 Å². The Morgan fingerprint density at radius 1 is 1.75 bits per heavy atom. The first-order chi connectivity index (χ1) is 3.66. The van der Waals surface area contributed by atoms with Crippen LogP contribution in [0.5, 0.6) is 0 Å². The summed E-state index contributed by atoms with van der Waals surface area (Å²) in [5, 5.41) is 2.74. The van der Waals surface area contributed by atoms with Crippen LogP contribution in [0.15, 0.2) is 5.11 Å². The van der Waals surface area contributed by atoms with E-state index in [1.165, 1.54) is 0 Å². The van der Waals surface area contributed by atoms with E-state index < -0.39 is 0 Å². The molecule has 0 fully saturated rings. The number of carbonyl (C=O) groups excluding carboxylic acids is 1. The summed E-state index contributed by atoms with van der Waals surface area (Å²) in [6.07, 6.45) is 0.392. The van der Waals surface area contributed by atoms with Crippen LogP contribution in [0.2, 0.25) is 0 Å². The first-order valence-corrected chi connectivity index (χ1v) is 2.57. The van der Waals surface area contributed by atoms with Crippen LogP contribution in [0.3, 0.4) is 0 Å². The zero-order valence-corrected chi connectivity index (χ0v) is 5.14. The normalized spacial score (nSPS) is 9.38. The van der Waals surface area contributed by atoms with Gasteiger partial charge >= 0.3 is 0 Å². The van der Waals surface area contributed by atoms with Crippen molar-refractivity contribution in [2.45, 2.75) is 20.3 Å². The molecule has 0 unspecified atom stereocenters. The van der Waals surface area contributed by atoms with Gasteiger partial charge in [-0.25, -0.2) is 5.53 Å². The third-order valence-corrected chi connectivity index (χ3v) is 0.708. The number of hydrogen-bond donors (Lipinski definition) is 1. The molecule has 1 amide bonds. The molecule has 0 aliphatic rings. The van der Waals surface area contributed by atoms with Gasteiger partial charge in [-0.05, 0) is 5.92 Å². The molecule has 46 valence electrons. The van der Waals surface area contributed by atoms with Gasteiger partial charge in [-0.15, -0.1) is 5.11 Å². The third-order valence-electron chi connectivity index (χ3n) is 0.708. The predicted molar refractivity (Wildman–Crippen MR) is 29.6 cm³/mol. The van der Waals surface area contributed by atoms with Crippen LogP contribution in [0.1, 0.15) is 20.3 Å². The van der Waals surface area contributed by atoms with Gasteiger partial charge in [0.1, 0.15) is 0 Å². The van der Waals surface area contributed by atoms with Gasteiger partial charge in [-0.1, -0.05) is 13.8 Å². The molecule has 0 aliphatic carbocycles. The van der Waals surface area contributed by atoms with Crippen molar-refractivity contribution in [2.75, 3.05) is 0 Å². The fourth-order valence-corrected chi connectivity index (χ4v) is 0.395. The first-order valence-electron chi connectivity index (χ1n) is 2.57. The Hall–Kier alpha value is -0.730. The minimum absolute atomic E-state index is 0.316. The fraction of sp³-hybridized carbons (Fsp3) is 0.800. The van der Waals surface area contributed by atoms with Crippen LogP contribution in [0.4, 0.5) is 0 Å². The van der Waals surface area contributed by atoms with E-state index in [0.29, 0.717) is 12.3 Å². The number of nitrogens with one attached hydrogen (secondary N) is 1. The average molecular weight is 114 g/mol.